The number of aliphatic hydroxyl groups excluding tert-OH is 2. The van der Waals surface area contributed by atoms with Gasteiger partial charge in [-0.25, -0.2) is 0 Å². The number of hydrogen-bond donors (Lipinski definition) is 4. The summed E-state index contributed by atoms with van der Waals surface area (Å²) in [6.45, 7) is 3.70. The van der Waals surface area contributed by atoms with Crippen molar-refractivity contribution >= 4 is 29.7 Å². The molecule has 330 valence electrons. The van der Waals surface area contributed by atoms with E-state index in [0.717, 1.165) is 32.1 Å². The van der Waals surface area contributed by atoms with Crippen LogP contribution in [0, 0.1) is 0 Å². The van der Waals surface area contributed by atoms with E-state index in [0.29, 0.717) is 6.42 Å². The van der Waals surface area contributed by atoms with E-state index in [1.807, 2.05) is 30.4 Å². The molecular weight excluding hydrogens is 739 g/mol. The Kier molecular flexibility index (Phi) is 40.0. The standard InChI is InChI=1S/C47H83NO8S/c1-3-5-7-9-11-13-15-17-18-19-20-21-22-24-26-28-30-32-37-46(53)55-39-41(38-49)56-47(54)42(48)40-57-44(43(50)34-33-36-45(51)52)35-31-29-27-25-23-16-14-12-10-8-6-4-2/h12,14,23,25,27,29,31,35,41-44,49-50H,3-11,13,15-22,24,26,28,30,32-34,36-40,48H2,1-2H3,(H,51,52)/b14-12-,25-23-,29-27+,35-31+/t41-,42-,43-,44+/m0/s1. The van der Waals surface area contributed by atoms with E-state index in [1.54, 1.807) is 0 Å². The summed E-state index contributed by atoms with van der Waals surface area (Å²) in [6.07, 6.45) is 43.3. The maximum atomic E-state index is 12.7. The molecule has 0 spiro atoms. The highest BCUT2D eigenvalue weighted by Gasteiger charge is 2.24. The number of carboxylic acids is 1. The molecule has 0 aromatic carbocycles. The van der Waals surface area contributed by atoms with E-state index in [-0.39, 0.29) is 37.6 Å². The molecule has 9 nitrogen and oxygen atoms in total. The van der Waals surface area contributed by atoms with E-state index in [9.17, 15) is 24.6 Å². The molecule has 0 fully saturated rings. The Labute approximate surface area is 351 Å². The minimum atomic E-state index is -1.05. The summed E-state index contributed by atoms with van der Waals surface area (Å²) in [5.41, 5.74) is 6.12. The molecule has 57 heavy (non-hydrogen) atoms. The fourth-order valence-corrected chi connectivity index (χ4v) is 7.40. The van der Waals surface area contributed by atoms with Crippen LogP contribution < -0.4 is 5.73 Å². The van der Waals surface area contributed by atoms with Gasteiger partial charge in [-0.15, -0.1) is 11.8 Å². The highest BCUT2D eigenvalue weighted by molar-refractivity contribution is 8.00. The third kappa shape index (κ3) is 37.6. The molecule has 4 atom stereocenters. The minimum absolute atomic E-state index is 0.0472. The summed E-state index contributed by atoms with van der Waals surface area (Å²) in [4.78, 5) is 36.0. The Morgan fingerprint density at radius 2 is 1.21 bits per heavy atom. The van der Waals surface area contributed by atoms with Crippen LogP contribution in [-0.2, 0) is 23.9 Å². The van der Waals surface area contributed by atoms with E-state index in [4.69, 9.17) is 20.3 Å². The normalized spacial score (nSPS) is 14.2. The van der Waals surface area contributed by atoms with E-state index in [1.165, 1.54) is 127 Å². The van der Waals surface area contributed by atoms with Gasteiger partial charge in [0, 0.05) is 23.8 Å². The molecular formula is C47H83NO8S. The summed E-state index contributed by atoms with van der Waals surface area (Å²) in [5.74, 6) is -1.93. The van der Waals surface area contributed by atoms with Crippen LogP contribution in [0.3, 0.4) is 0 Å². The average Bonchev–Trinajstić information content (AvgIpc) is 3.19. The van der Waals surface area contributed by atoms with Gasteiger partial charge < -0.3 is 30.5 Å². The lowest BCUT2D eigenvalue weighted by atomic mass is 10.0. The van der Waals surface area contributed by atoms with Gasteiger partial charge in [0.1, 0.15) is 12.6 Å². The number of nitrogens with two attached hydrogens (primary N) is 1. The van der Waals surface area contributed by atoms with Crippen LogP contribution in [0.25, 0.3) is 0 Å². The number of thioether (sulfide) groups is 1. The highest BCUT2D eigenvalue weighted by atomic mass is 32.2. The molecule has 10 heteroatoms. The molecule has 0 bridgehead atoms. The molecule has 0 unspecified atom stereocenters. The topological polar surface area (TPSA) is 156 Å². The maximum Gasteiger partial charge on any atom is 0.324 e. The SMILES string of the molecule is CCCCC/C=C\C\C=C/C=C/C=C/[C@@H](SC[C@H](N)C(=O)O[C@@H](CO)COC(=O)CCCCCCCCCCCCCCCCCCCC)[C@@H](O)CCCC(=O)O. The van der Waals surface area contributed by atoms with E-state index < -0.39 is 42.0 Å². The van der Waals surface area contributed by atoms with Crippen LogP contribution in [-0.4, -0.2) is 75.7 Å². The number of carbonyl (C=O) groups excluding carboxylic acids is 2. The number of ether oxygens (including phenoxy) is 2. The van der Waals surface area contributed by atoms with Crippen LogP contribution in [0.1, 0.15) is 187 Å². The Bertz CT molecular complexity index is 1080. The van der Waals surface area contributed by atoms with Crippen molar-refractivity contribution < 1.29 is 39.2 Å². The zero-order valence-corrected chi connectivity index (χ0v) is 36.8. The van der Waals surface area contributed by atoms with Crippen molar-refractivity contribution in [2.24, 2.45) is 5.73 Å². The van der Waals surface area contributed by atoms with Crippen molar-refractivity contribution in [3.05, 3.63) is 48.6 Å². The molecule has 0 aromatic heterocycles. The molecule has 0 aliphatic carbocycles. The van der Waals surface area contributed by atoms with E-state index in [2.05, 4.69) is 32.1 Å². The first-order valence-corrected chi connectivity index (χ1v) is 23.7. The third-order valence-electron chi connectivity index (χ3n) is 9.88. The van der Waals surface area contributed by atoms with Crippen molar-refractivity contribution in [2.45, 2.75) is 211 Å². The third-order valence-corrected chi connectivity index (χ3v) is 11.3. The summed E-state index contributed by atoms with van der Waals surface area (Å²) < 4.78 is 10.6. The van der Waals surface area contributed by atoms with Gasteiger partial charge in [-0.05, 0) is 38.5 Å². The number of unbranched alkanes of at least 4 members (excludes halogenated alkanes) is 20. The van der Waals surface area contributed by atoms with Crippen molar-refractivity contribution in [3.63, 3.8) is 0 Å². The van der Waals surface area contributed by atoms with E-state index >= 15 is 0 Å². The quantitative estimate of drug-likeness (QED) is 0.0203. The zero-order valence-electron chi connectivity index (χ0n) is 36.0. The fraction of sp³-hybridized carbons (Fsp3) is 0.766. The molecule has 0 saturated carbocycles. The Hall–Kier alpha value is -2.40. The molecule has 0 heterocycles. The number of aliphatic hydroxyl groups is 2. The van der Waals surface area contributed by atoms with Crippen LogP contribution in [0.5, 0.6) is 0 Å². The maximum absolute atomic E-state index is 12.7. The van der Waals surface area contributed by atoms with Crippen LogP contribution in [0.15, 0.2) is 48.6 Å². The Morgan fingerprint density at radius 1 is 0.667 bits per heavy atom. The van der Waals surface area contributed by atoms with Gasteiger partial charge >= 0.3 is 17.9 Å². The second-order valence-corrected chi connectivity index (χ2v) is 16.6. The van der Waals surface area contributed by atoms with Gasteiger partial charge in [-0.1, -0.05) is 184 Å². The number of carbonyl (C=O) groups is 3. The van der Waals surface area contributed by atoms with Gasteiger partial charge in [0.25, 0.3) is 0 Å². The van der Waals surface area contributed by atoms with Gasteiger partial charge in [0.2, 0.25) is 0 Å². The number of carboxylic acid groups (broad SMARTS) is 1. The zero-order chi connectivity index (χ0) is 42.0. The van der Waals surface area contributed by atoms with Crippen LogP contribution in [0.2, 0.25) is 0 Å². The predicted molar refractivity (Wildman–Crippen MR) is 238 cm³/mol. The Balaban J connectivity index is 4.35. The molecule has 0 rings (SSSR count). The summed E-state index contributed by atoms with van der Waals surface area (Å²) in [6, 6.07) is -1.05. The van der Waals surface area contributed by atoms with Gasteiger partial charge in [-0.3, -0.25) is 14.4 Å². The average molecular weight is 822 g/mol. The molecule has 0 radical (unpaired) electrons. The van der Waals surface area contributed by atoms with Crippen molar-refractivity contribution in [3.8, 4) is 0 Å². The number of aliphatic carboxylic acids is 1. The van der Waals surface area contributed by atoms with Crippen molar-refractivity contribution in [1.29, 1.82) is 0 Å². The van der Waals surface area contributed by atoms with Crippen molar-refractivity contribution in [1.82, 2.24) is 0 Å². The lowest BCUT2D eigenvalue weighted by Gasteiger charge is -2.22. The molecule has 0 aromatic rings. The summed E-state index contributed by atoms with van der Waals surface area (Å²) >= 11 is 1.27. The largest absolute Gasteiger partial charge is 0.481 e. The highest BCUT2D eigenvalue weighted by Crippen LogP contribution is 2.22. The van der Waals surface area contributed by atoms with Gasteiger partial charge in [0.05, 0.1) is 12.7 Å². The fourth-order valence-electron chi connectivity index (χ4n) is 6.27. The second kappa shape index (κ2) is 41.7. The summed E-state index contributed by atoms with van der Waals surface area (Å²) in [7, 11) is 0. The molecule has 5 N–H and O–H groups in total. The monoisotopic (exact) mass is 822 g/mol. The molecule has 0 amide bonds. The number of hydrogen-bond acceptors (Lipinski definition) is 9. The molecule has 0 saturated heterocycles. The molecule has 0 aliphatic rings. The summed E-state index contributed by atoms with van der Waals surface area (Å²) in [5, 5.41) is 29.1. The first-order chi connectivity index (χ1) is 27.7. The smallest absolute Gasteiger partial charge is 0.324 e. The van der Waals surface area contributed by atoms with Crippen LogP contribution >= 0.6 is 11.8 Å². The lowest BCUT2D eigenvalue weighted by molar-refractivity contribution is -0.162. The van der Waals surface area contributed by atoms with Gasteiger partial charge in [0.15, 0.2) is 6.10 Å². The number of esters is 2. The number of allylic oxidation sites excluding steroid dienone is 7. The molecule has 0 aliphatic heterocycles. The Morgan fingerprint density at radius 3 is 1.77 bits per heavy atom. The lowest BCUT2D eigenvalue weighted by Crippen LogP contribution is -2.40. The van der Waals surface area contributed by atoms with Crippen LogP contribution in [0.4, 0.5) is 0 Å². The van der Waals surface area contributed by atoms with Gasteiger partial charge in [-0.2, -0.15) is 0 Å². The number of rotatable bonds is 41. The minimum Gasteiger partial charge on any atom is -0.481 e. The second-order valence-electron chi connectivity index (χ2n) is 15.3. The predicted octanol–water partition coefficient (Wildman–Crippen LogP) is 11.1. The first-order valence-electron chi connectivity index (χ1n) is 22.6. The van der Waals surface area contributed by atoms with Crippen molar-refractivity contribution in [2.75, 3.05) is 19.0 Å². The first kappa shape index (κ1) is 54.6.